The standard InChI is InChI=1S/C15H17N7O/c1-11(22-7-6-17-10-22)8-14(23)18-9-13-19-15(21-20-13)12-2-4-16-5-3-12/h2-7,10-11H,8-9H2,1H3,(H,18,23)(H,19,20,21). The first kappa shape index (κ1) is 14.9. The zero-order valence-electron chi connectivity index (χ0n) is 12.7. The van der Waals surface area contributed by atoms with Crippen molar-refractivity contribution in [2.75, 3.05) is 0 Å². The van der Waals surface area contributed by atoms with Gasteiger partial charge < -0.3 is 9.88 Å². The van der Waals surface area contributed by atoms with Crippen molar-refractivity contribution >= 4 is 5.91 Å². The van der Waals surface area contributed by atoms with Gasteiger partial charge in [-0.3, -0.25) is 14.9 Å². The van der Waals surface area contributed by atoms with Gasteiger partial charge in [0.15, 0.2) is 5.82 Å². The van der Waals surface area contributed by atoms with Gasteiger partial charge in [-0.25, -0.2) is 9.97 Å². The van der Waals surface area contributed by atoms with Gasteiger partial charge in [0.25, 0.3) is 0 Å². The van der Waals surface area contributed by atoms with Crippen LogP contribution in [-0.2, 0) is 11.3 Å². The molecule has 1 atom stereocenters. The maximum atomic E-state index is 12.0. The van der Waals surface area contributed by atoms with Crippen LogP contribution in [0.4, 0.5) is 0 Å². The first-order chi connectivity index (χ1) is 11.2. The van der Waals surface area contributed by atoms with Crippen LogP contribution in [0.3, 0.4) is 0 Å². The molecule has 118 valence electrons. The SMILES string of the molecule is CC(CC(=O)NCc1nc(-c2ccncc2)n[nH]1)n1ccnc1. The van der Waals surface area contributed by atoms with Gasteiger partial charge in [-0.05, 0) is 19.1 Å². The van der Waals surface area contributed by atoms with Gasteiger partial charge in [0.1, 0.15) is 5.82 Å². The van der Waals surface area contributed by atoms with Gasteiger partial charge in [-0.15, -0.1) is 0 Å². The van der Waals surface area contributed by atoms with Crippen molar-refractivity contribution < 1.29 is 4.79 Å². The van der Waals surface area contributed by atoms with Crippen LogP contribution in [0.15, 0.2) is 43.2 Å². The van der Waals surface area contributed by atoms with Crippen LogP contribution in [0.1, 0.15) is 25.2 Å². The normalized spacial score (nSPS) is 12.0. The van der Waals surface area contributed by atoms with Crippen LogP contribution in [0, 0.1) is 0 Å². The summed E-state index contributed by atoms with van der Waals surface area (Å²) in [6, 6.07) is 3.72. The average Bonchev–Trinajstić information content (AvgIpc) is 3.25. The van der Waals surface area contributed by atoms with E-state index in [2.05, 4.69) is 30.5 Å². The predicted octanol–water partition coefficient (Wildman–Crippen LogP) is 1.33. The molecule has 0 bridgehead atoms. The van der Waals surface area contributed by atoms with Crippen LogP contribution in [-0.4, -0.2) is 35.6 Å². The van der Waals surface area contributed by atoms with Crippen LogP contribution in [0.2, 0.25) is 0 Å². The van der Waals surface area contributed by atoms with E-state index in [4.69, 9.17) is 0 Å². The Balaban J connectivity index is 1.52. The van der Waals surface area contributed by atoms with Crippen LogP contribution in [0.25, 0.3) is 11.4 Å². The third kappa shape index (κ3) is 3.79. The topological polar surface area (TPSA) is 101 Å². The largest absolute Gasteiger partial charge is 0.349 e. The monoisotopic (exact) mass is 311 g/mol. The lowest BCUT2D eigenvalue weighted by atomic mass is 10.2. The summed E-state index contributed by atoms with van der Waals surface area (Å²) in [5.41, 5.74) is 0.877. The van der Waals surface area contributed by atoms with Gasteiger partial charge in [-0.2, -0.15) is 5.10 Å². The van der Waals surface area contributed by atoms with E-state index in [-0.39, 0.29) is 11.9 Å². The fourth-order valence-corrected chi connectivity index (χ4v) is 2.16. The Morgan fingerprint density at radius 1 is 1.30 bits per heavy atom. The molecular weight excluding hydrogens is 294 g/mol. The van der Waals surface area contributed by atoms with Crippen molar-refractivity contribution in [1.82, 2.24) is 35.0 Å². The number of rotatable bonds is 6. The molecule has 0 aliphatic rings. The van der Waals surface area contributed by atoms with Crippen molar-refractivity contribution in [3.8, 4) is 11.4 Å². The Bertz CT molecular complexity index is 751. The highest BCUT2D eigenvalue weighted by molar-refractivity contribution is 5.76. The lowest BCUT2D eigenvalue weighted by Crippen LogP contribution is -2.25. The summed E-state index contributed by atoms with van der Waals surface area (Å²) in [7, 11) is 0. The maximum absolute atomic E-state index is 12.0. The number of amides is 1. The van der Waals surface area contributed by atoms with Crippen molar-refractivity contribution in [1.29, 1.82) is 0 Å². The summed E-state index contributed by atoms with van der Waals surface area (Å²) >= 11 is 0. The summed E-state index contributed by atoms with van der Waals surface area (Å²) in [4.78, 5) is 24.3. The number of aromatic nitrogens is 6. The van der Waals surface area contributed by atoms with Gasteiger partial charge in [0.05, 0.1) is 12.9 Å². The van der Waals surface area contributed by atoms with E-state index in [0.29, 0.717) is 24.6 Å². The summed E-state index contributed by atoms with van der Waals surface area (Å²) in [5, 5.41) is 9.81. The Kier molecular flexibility index (Phi) is 4.41. The number of nitrogens with one attached hydrogen (secondary N) is 2. The van der Waals surface area contributed by atoms with Crippen molar-refractivity contribution in [2.45, 2.75) is 25.9 Å². The number of aromatic amines is 1. The molecule has 0 aliphatic carbocycles. The van der Waals surface area contributed by atoms with E-state index in [1.165, 1.54) is 0 Å². The maximum Gasteiger partial charge on any atom is 0.222 e. The average molecular weight is 311 g/mol. The Morgan fingerprint density at radius 2 is 2.13 bits per heavy atom. The smallest absolute Gasteiger partial charge is 0.222 e. The van der Waals surface area contributed by atoms with E-state index in [1.807, 2.05) is 29.8 Å². The molecule has 23 heavy (non-hydrogen) atoms. The molecule has 1 amide bonds. The third-order valence-corrected chi connectivity index (χ3v) is 3.44. The number of imidazole rings is 1. The molecule has 0 radical (unpaired) electrons. The number of nitrogens with zero attached hydrogens (tertiary/aromatic N) is 5. The minimum Gasteiger partial charge on any atom is -0.349 e. The zero-order chi connectivity index (χ0) is 16.1. The Hall–Kier alpha value is -3.03. The molecule has 3 rings (SSSR count). The molecule has 8 nitrogen and oxygen atoms in total. The van der Waals surface area contributed by atoms with Crippen molar-refractivity contribution in [2.24, 2.45) is 0 Å². The number of carbonyl (C=O) groups excluding carboxylic acids is 1. The Morgan fingerprint density at radius 3 is 2.87 bits per heavy atom. The first-order valence-corrected chi connectivity index (χ1v) is 7.28. The molecule has 1 unspecified atom stereocenters. The Labute approximate surface area is 133 Å². The number of H-pyrrole nitrogens is 1. The van der Waals surface area contributed by atoms with Gasteiger partial charge in [0, 0.05) is 42.8 Å². The lowest BCUT2D eigenvalue weighted by Gasteiger charge is -2.12. The molecule has 0 spiro atoms. The fraction of sp³-hybridized carbons (Fsp3) is 0.267. The quantitative estimate of drug-likeness (QED) is 0.715. The predicted molar refractivity (Wildman–Crippen MR) is 83.0 cm³/mol. The number of hydrogen-bond acceptors (Lipinski definition) is 5. The molecule has 3 aromatic rings. The molecular formula is C15H17N7O. The molecule has 0 saturated heterocycles. The molecule has 0 saturated carbocycles. The van der Waals surface area contributed by atoms with Gasteiger partial charge >= 0.3 is 0 Å². The highest BCUT2D eigenvalue weighted by atomic mass is 16.1. The van der Waals surface area contributed by atoms with E-state index < -0.39 is 0 Å². The molecule has 2 N–H and O–H groups in total. The van der Waals surface area contributed by atoms with Crippen LogP contribution < -0.4 is 5.32 Å². The van der Waals surface area contributed by atoms with Crippen LogP contribution >= 0.6 is 0 Å². The fourth-order valence-electron chi connectivity index (χ4n) is 2.16. The molecule has 0 aromatic carbocycles. The summed E-state index contributed by atoms with van der Waals surface area (Å²) in [6.45, 7) is 2.28. The molecule has 3 aromatic heterocycles. The number of pyridine rings is 1. The summed E-state index contributed by atoms with van der Waals surface area (Å²) in [5.74, 6) is 1.15. The molecule has 8 heteroatoms. The number of carbonyl (C=O) groups is 1. The second-order valence-electron chi connectivity index (χ2n) is 5.18. The summed E-state index contributed by atoms with van der Waals surface area (Å²) < 4.78 is 1.90. The second kappa shape index (κ2) is 6.82. The van der Waals surface area contributed by atoms with E-state index in [9.17, 15) is 4.79 Å². The highest BCUT2D eigenvalue weighted by Gasteiger charge is 2.11. The first-order valence-electron chi connectivity index (χ1n) is 7.28. The third-order valence-electron chi connectivity index (χ3n) is 3.44. The van der Waals surface area contributed by atoms with Crippen molar-refractivity contribution in [3.63, 3.8) is 0 Å². The molecule has 0 aliphatic heterocycles. The lowest BCUT2D eigenvalue weighted by molar-refractivity contribution is -0.121. The summed E-state index contributed by atoms with van der Waals surface area (Å²) in [6.07, 6.45) is 8.99. The highest BCUT2D eigenvalue weighted by Crippen LogP contribution is 2.12. The van der Waals surface area contributed by atoms with Gasteiger partial charge in [-0.1, -0.05) is 0 Å². The van der Waals surface area contributed by atoms with Gasteiger partial charge in [0.2, 0.25) is 5.91 Å². The minimum atomic E-state index is -0.0481. The second-order valence-corrected chi connectivity index (χ2v) is 5.18. The molecule has 3 heterocycles. The van der Waals surface area contributed by atoms with E-state index in [0.717, 1.165) is 5.56 Å². The number of hydrogen-bond donors (Lipinski definition) is 2. The zero-order valence-corrected chi connectivity index (χ0v) is 12.7. The molecule has 0 fully saturated rings. The van der Waals surface area contributed by atoms with E-state index >= 15 is 0 Å². The minimum absolute atomic E-state index is 0.0481. The van der Waals surface area contributed by atoms with E-state index in [1.54, 1.807) is 24.9 Å². The van der Waals surface area contributed by atoms with Crippen LogP contribution in [0.5, 0.6) is 0 Å². The van der Waals surface area contributed by atoms with Crippen molar-refractivity contribution in [3.05, 3.63) is 49.1 Å².